The molecule has 1 aromatic heterocycles. The standard InChI is InChI=1S/C11H17N5O2/c1-2-5-15(6-8-3-4-8)11-9(16(17)18)10(12)13-7-14-11/h7-8H,2-6H2,1H3,(H2,12,13,14). The summed E-state index contributed by atoms with van der Waals surface area (Å²) in [5.41, 5.74) is 5.41. The predicted molar refractivity (Wildman–Crippen MR) is 68.3 cm³/mol. The van der Waals surface area contributed by atoms with Gasteiger partial charge in [0.1, 0.15) is 6.33 Å². The second-order valence-corrected chi connectivity index (χ2v) is 4.58. The molecule has 0 radical (unpaired) electrons. The number of nitrogen functional groups attached to an aromatic ring is 1. The number of anilines is 2. The highest BCUT2D eigenvalue weighted by Crippen LogP contribution is 2.35. The number of hydrogen-bond acceptors (Lipinski definition) is 6. The Kier molecular flexibility index (Phi) is 3.59. The maximum Gasteiger partial charge on any atom is 0.353 e. The molecule has 1 heterocycles. The Labute approximate surface area is 105 Å². The molecule has 1 aliphatic rings. The summed E-state index contributed by atoms with van der Waals surface area (Å²) in [7, 11) is 0. The van der Waals surface area contributed by atoms with Crippen LogP contribution in [0, 0.1) is 16.0 Å². The minimum absolute atomic E-state index is 0.0677. The van der Waals surface area contributed by atoms with Crippen LogP contribution in [0.2, 0.25) is 0 Å². The zero-order valence-electron chi connectivity index (χ0n) is 10.4. The average molecular weight is 251 g/mol. The van der Waals surface area contributed by atoms with E-state index in [1.165, 1.54) is 19.2 Å². The van der Waals surface area contributed by atoms with Crippen LogP contribution in [0.15, 0.2) is 6.33 Å². The number of aromatic nitrogens is 2. The van der Waals surface area contributed by atoms with E-state index in [1.807, 2.05) is 11.8 Å². The highest BCUT2D eigenvalue weighted by molar-refractivity contribution is 5.68. The Balaban J connectivity index is 2.32. The van der Waals surface area contributed by atoms with E-state index in [2.05, 4.69) is 9.97 Å². The largest absolute Gasteiger partial charge is 0.378 e. The van der Waals surface area contributed by atoms with Gasteiger partial charge in [-0.3, -0.25) is 10.1 Å². The van der Waals surface area contributed by atoms with Crippen molar-refractivity contribution < 1.29 is 4.92 Å². The Morgan fingerprint density at radius 1 is 1.56 bits per heavy atom. The maximum absolute atomic E-state index is 11.1. The predicted octanol–water partition coefficient (Wildman–Crippen LogP) is 1.59. The van der Waals surface area contributed by atoms with E-state index in [0.29, 0.717) is 11.7 Å². The van der Waals surface area contributed by atoms with Crippen molar-refractivity contribution >= 4 is 17.3 Å². The number of hydrogen-bond donors (Lipinski definition) is 1. The molecule has 1 saturated carbocycles. The highest BCUT2D eigenvalue weighted by atomic mass is 16.6. The van der Waals surface area contributed by atoms with Crippen molar-refractivity contribution in [3.05, 3.63) is 16.4 Å². The van der Waals surface area contributed by atoms with E-state index >= 15 is 0 Å². The molecule has 2 rings (SSSR count). The SMILES string of the molecule is CCCN(CC1CC1)c1ncnc(N)c1[N+](=O)[O-]. The Hall–Kier alpha value is -1.92. The number of nitro groups is 1. The van der Waals surface area contributed by atoms with Gasteiger partial charge in [-0.1, -0.05) is 6.92 Å². The Bertz CT molecular complexity index is 447. The molecule has 1 fully saturated rings. The second kappa shape index (κ2) is 5.16. The molecule has 0 unspecified atom stereocenters. The summed E-state index contributed by atoms with van der Waals surface area (Å²) in [5.74, 6) is 0.912. The molecule has 0 amide bonds. The molecule has 0 atom stereocenters. The average Bonchev–Trinajstić information content (AvgIpc) is 3.11. The van der Waals surface area contributed by atoms with Crippen molar-refractivity contribution in [2.75, 3.05) is 23.7 Å². The first-order valence-corrected chi connectivity index (χ1v) is 6.13. The molecule has 0 saturated heterocycles. The van der Waals surface area contributed by atoms with E-state index in [0.717, 1.165) is 19.5 Å². The second-order valence-electron chi connectivity index (χ2n) is 4.58. The molecule has 0 bridgehead atoms. The maximum atomic E-state index is 11.1. The van der Waals surface area contributed by atoms with Crippen molar-refractivity contribution in [2.24, 2.45) is 5.92 Å². The number of rotatable bonds is 6. The summed E-state index contributed by atoms with van der Waals surface area (Å²) in [4.78, 5) is 20.3. The minimum atomic E-state index is -0.500. The van der Waals surface area contributed by atoms with Gasteiger partial charge in [-0.2, -0.15) is 0 Å². The van der Waals surface area contributed by atoms with Crippen LogP contribution < -0.4 is 10.6 Å². The molecular weight excluding hydrogens is 234 g/mol. The van der Waals surface area contributed by atoms with Crippen LogP contribution in [0.25, 0.3) is 0 Å². The Morgan fingerprint density at radius 2 is 2.28 bits per heavy atom. The number of nitrogens with zero attached hydrogens (tertiary/aromatic N) is 4. The lowest BCUT2D eigenvalue weighted by molar-refractivity contribution is -0.383. The van der Waals surface area contributed by atoms with Crippen LogP contribution >= 0.6 is 0 Å². The van der Waals surface area contributed by atoms with E-state index in [1.54, 1.807) is 0 Å². The van der Waals surface area contributed by atoms with Gasteiger partial charge in [0.2, 0.25) is 11.6 Å². The molecule has 2 N–H and O–H groups in total. The van der Waals surface area contributed by atoms with Gasteiger partial charge >= 0.3 is 5.69 Å². The third kappa shape index (κ3) is 2.66. The first-order chi connectivity index (χ1) is 8.63. The summed E-state index contributed by atoms with van der Waals surface area (Å²) < 4.78 is 0. The molecule has 0 spiro atoms. The van der Waals surface area contributed by atoms with Crippen molar-refractivity contribution in [1.82, 2.24) is 9.97 Å². The van der Waals surface area contributed by atoms with E-state index in [-0.39, 0.29) is 11.5 Å². The molecular formula is C11H17N5O2. The van der Waals surface area contributed by atoms with Gasteiger partial charge in [0.25, 0.3) is 0 Å². The van der Waals surface area contributed by atoms with E-state index in [4.69, 9.17) is 5.73 Å². The lowest BCUT2D eigenvalue weighted by atomic mass is 10.3. The van der Waals surface area contributed by atoms with Gasteiger partial charge < -0.3 is 10.6 Å². The lowest BCUT2D eigenvalue weighted by Gasteiger charge is -2.22. The van der Waals surface area contributed by atoms with Crippen LogP contribution in [0.3, 0.4) is 0 Å². The van der Waals surface area contributed by atoms with Crippen LogP contribution in [0.5, 0.6) is 0 Å². The summed E-state index contributed by atoms with van der Waals surface area (Å²) in [6.07, 6.45) is 4.57. The van der Waals surface area contributed by atoms with Crippen LogP contribution in [0.1, 0.15) is 26.2 Å². The fourth-order valence-corrected chi connectivity index (χ4v) is 1.95. The molecule has 7 heteroatoms. The third-order valence-electron chi connectivity index (χ3n) is 2.98. The van der Waals surface area contributed by atoms with E-state index in [9.17, 15) is 10.1 Å². The summed E-state index contributed by atoms with van der Waals surface area (Å²) in [6.45, 7) is 3.59. The molecule has 18 heavy (non-hydrogen) atoms. The quantitative estimate of drug-likeness (QED) is 0.609. The topological polar surface area (TPSA) is 98.2 Å². The van der Waals surface area contributed by atoms with Gasteiger partial charge in [-0.15, -0.1) is 0 Å². The summed E-state index contributed by atoms with van der Waals surface area (Å²) >= 11 is 0. The van der Waals surface area contributed by atoms with Crippen molar-refractivity contribution in [2.45, 2.75) is 26.2 Å². The fraction of sp³-hybridized carbons (Fsp3) is 0.636. The van der Waals surface area contributed by atoms with Crippen molar-refractivity contribution in [3.8, 4) is 0 Å². The summed E-state index contributed by atoms with van der Waals surface area (Å²) in [5, 5.41) is 11.1. The Morgan fingerprint density at radius 3 is 2.83 bits per heavy atom. The summed E-state index contributed by atoms with van der Waals surface area (Å²) in [6, 6.07) is 0. The van der Waals surface area contributed by atoms with Gasteiger partial charge in [-0.05, 0) is 25.2 Å². The third-order valence-corrected chi connectivity index (χ3v) is 2.98. The van der Waals surface area contributed by atoms with Crippen LogP contribution in [0.4, 0.5) is 17.3 Å². The normalized spacial score (nSPS) is 14.5. The smallest absolute Gasteiger partial charge is 0.353 e. The molecule has 98 valence electrons. The monoisotopic (exact) mass is 251 g/mol. The molecule has 7 nitrogen and oxygen atoms in total. The van der Waals surface area contributed by atoms with Gasteiger partial charge in [0, 0.05) is 13.1 Å². The van der Waals surface area contributed by atoms with Crippen LogP contribution in [-0.2, 0) is 0 Å². The lowest BCUT2D eigenvalue weighted by Crippen LogP contribution is -2.28. The van der Waals surface area contributed by atoms with Gasteiger partial charge in [-0.25, -0.2) is 9.97 Å². The molecule has 0 aromatic carbocycles. The van der Waals surface area contributed by atoms with Gasteiger partial charge in [0.15, 0.2) is 0 Å². The first kappa shape index (κ1) is 12.5. The van der Waals surface area contributed by atoms with Gasteiger partial charge in [0.05, 0.1) is 4.92 Å². The molecule has 1 aliphatic carbocycles. The highest BCUT2D eigenvalue weighted by Gasteiger charge is 2.30. The zero-order valence-corrected chi connectivity index (χ0v) is 10.4. The molecule has 1 aromatic rings. The van der Waals surface area contributed by atoms with Crippen molar-refractivity contribution in [1.29, 1.82) is 0 Å². The number of nitrogens with two attached hydrogens (primary N) is 1. The first-order valence-electron chi connectivity index (χ1n) is 6.13. The molecule has 0 aliphatic heterocycles. The van der Waals surface area contributed by atoms with E-state index < -0.39 is 4.92 Å². The van der Waals surface area contributed by atoms with Crippen LogP contribution in [-0.4, -0.2) is 28.0 Å². The minimum Gasteiger partial charge on any atom is -0.378 e. The fourth-order valence-electron chi connectivity index (χ4n) is 1.95. The van der Waals surface area contributed by atoms with Crippen molar-refractivity contribution in [3.63, 3.8) is 0 Å². The zero-order chi connectivity index (χ0) is 13.1.